The Hall–Kier alpha value is -4.28. The first-order valence-electron chi connectivity index (χ1n) is 31.6. The maximum Gasteiger partial charge on any atom is 0.325 e. The topological polar surface area (TPSA) is 389 Å². The monoisotopic (exact) mass is 1320 g/mol. The van der Waals surface area contributed by atoms with Crippen LogP contribution in [0, 0.1) is 47.3 Å². The number of rotatable bonds is 27. The van der Waals surface area contributed by atoms with E-state index >= 15 is 4.79 Å². The molecule has 2 aliphatic heterocycles. The minimum absolute atomic E-state index is 0.00758. The van der Waals surface area contributed by atoms with Gasteiger partial charge in [0.15, 0.2) is 23.8 Å². The van der Waals surface area contributed by atoms with Gasteiger partial charge in [0.25, 0.3) is 0 Å². The number of carbonyl (C=O) groups is 3. The number of halogens is 2. The summed E-state index contributed by atoms with van der Waals surface area (Å²) in [5, 5.41) is 3.10. The van der Waals surface area contributed by atoms with E-state index in [2.05, 4.69) is 66.9 Å². The third-order valence-electron chi connectivity index (χ3n) is 19.3. The van der Waals surface area contributed by atoms with Crippen LogP contribution in [0.4, 0.5) is 4.79 Å². The second-order valence-electron chi connectivity index (χ2n) is 24.6. The molecule has 12 unspecified atom stereocenters. The van der Waals surface area contributed by atoms with Crippen LogP contribution in [0.15, 0.2) is 25.0 Å². The van der Waals surface area contributed by atoms with Gasteiger partial charge in [-0.3, -0.25) is 44.4 Å². The minimum Gasteiger partial charge on any atom is -0.464 e. The Bertz CT molecular complexity index is 2250. The summed E-state index contributed by atoms with van der Waals surface area (Å²) >= 11 is 7.82. The molecule has 0 aromatic rings. The number of guanidine groups is 4. The number of piperazine rings is 1. The van der Waals surface area contributed by atoms with Gasteiger partial charge in [-0.25, -0.2) is 4.79 Å². The third kappa shape index (κ3) is 20.1. The molecule has 482 valence electrons. The zero-order valence-corrected chi connectivity index (χ0v) is 53.8. The lowest BCUT2D eigenvalue weighted by molar-refractivity contribution is -0.145. The molecule has 0 aromatic heterocycles. The Balaban J connectivity index is 0.926. The van der Waals surface area contributed by atoms with E-state index in [-0.39, 0.29) is 140 Å². The van der Waals surface area contributed by atoms with Gasteiger partial charge in [0, 0.05) is 94.5 Å². The van der Waals surface area contributed by atoms with Gasteiger partial charge < -0.3 is 79.8 Å². The van der Waals surface area contributed by atoms with E-state index in [4.69, 9.17) is 74.5 Å². The number of nitrogens with zero attached hydrogens (tertiary/aromatic N) is 8. The maximum absolute atomic E-state index is 15.4. The van der Waals surface area contributed by atoms with Gasteiger partial charge in [-0.05, 0) is 138 Å². The Labute approximate surface area is 520 Å². The van der Waals surface area contributed by atoms with Gasteiger partial charge >= 0.3 is 12.0 Å². The quantitative estimate of drug-likeness (QED) is 0.0188. The summed E-state index contributed by atoms with van der Waals surface area (Å²) in [6.07, 6.45) is 14.8. The Morgan fingerprint density at radius 2 is 1.27 bits per heavy atom. The van der Waals surface area contributed by atoms with Crippen LogP contribution in [0.3, 0.4) is 0 Å². The molecule has 3 amide bonds. The number of methoxy groups -OCH3 is 1. The van der Waals surface area contributed by atoms with E-state index in [0.29, 0.717) is 93.6 Å². The van der Waals surface area contributed by atoms with Gasteiger partial charge in [-0.1, -0.05) is 38.3 Å². The first kappa shape index (κ1) is 68.2. The van der Waals surface area contributed by atoms with Crippen molar-refractivity contribution in [3.05, 3.63) is 0 Å². The molecule has 1 saturated heterocycles. The molecule has 0 spiro atoms. The molecule has 5 saturated carbocycles. The predicted molar refractivity (Wildman–Crippen MR) is 339 cm³/mol. The third-order valence-corrected chi connectivity index (χ3v) is 21.1. The number of hydrogen-bond acceptors (Lipinski definition) is 14. The summed E-state index contributed by atoms with van der Waals surface area (Å²) in [5.41, 5.74) is 46.2. The van der Waals surface area contributed by atoms with Gasteiger partial charge in [0.1, 0.15) is 12.4 Å². The molecule has 17 N–H and O–H groups in total. The zero-order valence-electron chi connectivity index (χ0n) is 50.6. The fraction of sp³-hybridized carbons (Fsp3) is 0.862. The Morgan fingerprint density at radius 3 is 1.89 bits per heavy atom. The van der Waals surface area contributed by atoms with Crippen molar-refractivity contribution in [2.45, 2.75) is 169 Å². The molecule has 5 aliphatic carbocycles. The maximum atomic E-state index is 15.4. The van der Waals surface area contributed by atoms with Crippen LogP contribution in [-0.2, 0) is 33.3 Å². The highest BCUT2D eigenvalue weighted by molar-refractivity contribution is 9.09. The number of esters is 1. The molecule has 7 rings (SSSR count). The van der Waals surface area contributed by atoms with Gasteiger partial charge in [-0.2, -0.15) is 0 Å². The smallest absolute Gasteiger partial charge is 0.325 e. The number of ether oxygens (including phenoxy) is 5. The Morgan fingerprint density at radius 1 is 0.647 bits per heavy atom. The van der Waals surface area contributed by atoms with E-state index in [1.54, 1.807) is 7.11 Å². The van der Waals surface area contributed by atoms with Crippen molar-refractivity contribution in [1.29, 1.82) is 0 Å². The highest BCUT2D eigenvalue weighted by Crippen LogP contribution is 2.49. The SMILES string of the molecule is CCOC1CC(OC)CCC1C1=NC(C2CCC(Br)CC2)C(C2CCC(Br)CC2)N1C(=O)N1CCN(CCOC(=O)CCC(=O)NCC2CCC(C3CCCC(OCCN=C(N)N)C3OCCN=C(N)N)C(CN=C(N)N)C2CN=C(N)N)CC1. The highest BCUT2D eigenvalue weighted by atomic mass is 79.9. The second kappa shape index (κ2) is 34.5. The van der Waals surface area contributed by atoms with Gasteiger partial charge in [0.05, 0.1) is 69.2 Å². The lowest BCUT2D eigenvalue weighted by Gasteiger charge is -2.49. The van der Waals surface area contributed by atoms with Crippen molar-refractivity contribution in [3.63, 3.8) is 0 Å². The van der Waals surface area contributed by atoms with E-state index in [1.165, 1.54) is 0 Å². The minimum atomic E-state index is -0.446. The predicted octanol–water partition coefficient (Wildman–Crippen LogP) is 2.67. The van der Waals surface area contributed by atoms with Crippen molar-refractivity contribution in [1.82, 2.24) is 20.0 Å². The molecular weight excluding hydrogens is 1220 g/mol. The summed E-state index contributed by atoms with van der Waals surface area (Å²) in [4.78, 5) is 72.5. The average molecular weight is 1330 g/mol. The number of nitrogens with two attached hydrogens (primary N) is 8. The van der Waals surface area contributed by atoms with E-state index in [0.717, 1.165) is 109 Å². The zero-order chi connectivity index (χ0) is 61.0. The van der Waals surface area contributed by atoms with Crippen LogP contribution in [-0.4, -0.2) is 207 Å². The molecular formula is C58H103Br2N17O8. The Kier molecular flexibility index (Phi) is 27.7. The lowest BCUT2D eigenvalue weighted by Crippen LogP contribution is -2.60. The summed E-state index contributed by atoms with van der Waals surface area (Å²) < 4.78 is 31.1. The summed E-state index contributed by atoms with van der Waals surface area (Å²) in [6.45, 7) is 7.87. The molecule has 0 radical (unpaired) electrons. The van der Waals surface area contributed by atoms with Crippen LogP contribution in [0.25, 0.3) is 0 Å². The molecule has 0 bridgehead atoms. The average Bonchev–Trinajstić information content (AvgIpc) is 2.56. The molecule has 7 aliphatic rings. The number of urea groups is 1. The summed E-state index contributed by atoms with van der Waals surface area (Å²) in [5.74, 6) is 0.770. The van der Waals surface area contributed by atoms with Crippen LogP contribution in [0.2, 0.25) is 0 Å². The normalized spacial score (nSPS) is 32.8. The van der Waals surface area contributed by atoms with Crippen molar-refractivity contribution in [3.8, 4) is 0 Å². The fourth-order valence-electron chi connectivity index (χ4n) is 15.1. The number of nitrogens with one attached hydrogen (secondary N) is 1. The molecule has 12 atom stereocenters. The lowest BCUT2D eigenvalue weighted by atomic mass is 9.59. The number of carbonyl (C=O) groups excluding carboxylic acids is 3. The van der Waals surface area contributed by atoms with Crippen LogP contribution in [0.5, 0.6) is 0 Å². The first-order valence-corrected chi connectivity index (χ1v) is 33.4. The standard InChI is InChI=1S/C58H103Br2N17O8/c1-3-82-47-31-40(81-2)16-18-43(47)53-74-50(35-7-12-38(59)13-8-35)51(36-9-14-39(60)15-10-36)77(53)58(80)76-25-23-75(24-26-76)27-30-84-49(79)20-19-48(78)71-32-37-11-17-41(45(34-73-57(67)68)44(37)33-72-56(65)66)42-5-4-6-46(83-28-21-69-54(61)62)52(42)85-29-22-70-55(63)64/h35-47,50-52H,3-34H2,1-2H3,(H,71,78)(H4,61,62,69)(H4,63,64,70)(H4,65,66,72)(H4,67,68,73). The highest BCUT2D eigenvalue weighted by Gasteiger charge is 2.53. The summed E-state index contributed by atoms with van der Waals surface area (Å²) in [6, 6.07) is 0.149. The largest absolute Gasteiger partial charge is 0.464 e. The van der Waals surface area contributed by atoms with Gasteiger partial charge in [0.2, 0.25) is 5.91 Å². The van der Waals surface area contributed by atoms with Crippen LogP contribution >= 0.6 is 31.9 Å². The number of alkyl halides is 2. The number of amidine groups is 1. The van der Waals surface area contributed by atoms with Crippen LogP contribution in [0.1, 0.15) is 122 Å². The van der Waals surface area contributed by atoms with E-state index in [1.807, 2.05) is 11.8 Å². The molecule has 85 heavy (non-hydrogen) atoms. The van der Waals surface area contributed by atoms with Crippen LogP contribution < -0.4 is 51.2 Å². The first-order chi connectivity index (χ1) is 40.9. The molecule has 25 nitrogen and oxygen atoms in total. The summed E-state index contributed by atoms with van der Waals surface area (Å²) in [7, 11) is 1.78. The number of amides is 3. The van der Waals surface area contributed by atoms with E-state index < -0.39 is 5.97 Å². The fourth-order valence-corrected chi connectivity index (χ4v) is 16.1. The molecule has 0 aromatic carbocycles. The van der Waals surface area contributed by atoms with Crippen molar-refractivity contribution >= 4 is 79.4 Å². The van der Waals surface area contributed by atoms with Crippen molar-refractivity contribution < 1.29 is 38.1 Å². The van der Waals surface area contributed by atoms with Crippen molar-refractivity contribution in [2.24, 2.45) is 118 Å². The van der Waals surface area contributed by atoms with Gasteiger partial charge in [-0.15, -0.1) is 0 Å². The second-order valence-corrected chi connectivity index (χ2v) is 27.2. The number of aliphatic imine (C=N–C) groups is 5. The number of hydrogen-bond donors (Lipinski definition) is 9. The molecule has 27 heteroatoms. The molecule has 2 heterocycles. The van der Waals surface area contributed by atoms with E-state index in [9.17, 15) is 9.59 Å². The molecule has 6 fully saturated rings. The van der Waals surface area contributed by atoms with Crippen molar-refractivity contribution in [2.75, 3.05) is 99.0 Å².